The van der Waals surface area contributed by atoms with Gasteiger partial charge in [0.1, 0.15) is 0 Å². The summed E-state index contributed by atoms with van der Waals surface area (Å²) < 4.78 is 5.60. The highest BCUT2D eigenvalue weighted by molar-refractivity contribution is 5.82. The van der Waals surface area contributed by atoms with Gasteiger partial charge in [-0.1, -0.05) is 36.4 Å². The topological polar surface area (TPSA) is 38.5 Å². The second-order valence-corrected chi connectivity index (χ2v) is 5.15. The van der Waals surface area contributed by atoms with E-state index in [1.807, 2.05) is 0 Å². The van der Waals surface area contributed by atoms with Crippen molar-refractivity contribution in [3.63, 3.8) is 0 Å². The average molecular weight is 256 g/mol. The van der Waals surface area contributed by atoms with Crippen molar-refractivity contribution in [1.82, 2.24) is 4.90 Å². The largest absolute Gasteiger partial charge is 0.374 e. The summed E-state index contributed by atoms with van der Waals surface area (Å²) in [6.07, 6.45) is 0.189. The minimum absolute atomic E-state index is 0.189. The Morgan fingerprint density at radius 1 is 1.16 bits per heavy atom. The number of morpholine rings is 1. The number of hydrogen-bond donors (Lipinski definition) is 1. The van der Waals surface area contributed by atoms with Gasteiger partial charge in [0.15, 0.2) is 0 Å². The van der Waals surface area contributed by atoms with Crippen molar-refractivity contribution in [1.29, 1.82) is 0 Å². The molecule has 1 fully saturated rings. The van der Waals surface area contributed by atoms with Crippen molar-refractivity contribution in [3.05, 3.63) is 48.0 Å². The van der Waals surface area contributed by atoms with Crippen LogP contribution in [0.5, 0.6) is 0 Å². The zero-order chi connectivity index (χ0) is 13.1. The minimum Gasteiger partial charge on any atom is -0.374 e. The third-order valence-electron chi connectivity index (χ3n) is 3.71. The van der Waals surface area contributed by atoms with Crippen molar-refractivity contribution < 1.29 is 4.74 Å². The molecule has 1 aliphatic heterocycles. The first-order chi connectivity index (χ1) is 9.35. The number of rotatable bonds is 3. The van der Waals surface area contributed by atoms with E-state index >= 15 is 0 Å². The van der Waals surface area contributed by atoms with Crippen LogP contribution in [0.1, 0.15) is 5.56 Å². The maximum Gasteiger partial charge on any atom is 0.0824 e. The Morgan fingerprint density at radius 2 is 2.00 bits per heavy atom. The molecule has 3 heteroatoms. The Morgan fingerprint density at radius 3 is 2.84 bits per heavy atom. The van der Waals surface area contributed by atoms with Crippen LogP contribution in [0.25, 0.3) is 10.8 Å². The number of nitrogens with zero attached hydrogens (tertiary/aromatic N) is 1. The molecule has 2 aromatic carbocycles. The zero-order valence-corrected chi connectivity index (χ0v) is 11.1. The first-order valence-electron chi connectivity index (χ1n) is 6.87. The summed E-state index contributed by atoms with van der Waals surface area (Å²) in [6.45, 7) is 4.29. The van der Waals surface area contributed by atoms with Crippen LogP contribution in [-0.4, -0.2) is 37.2 Å². The summed E-state index contributed by atoms with van der Waals surface area (Å²) in [5.74, 6) is 0. The van der Waals surface area contributed by atoms with E-state index < -0.39 is 0 Å². The van der Waals surface area contributed by atoms with Gasteiger partial charge < -0.3 is 10.5 Å². The molecule has 1 atom stereocenters. The third-order valence-corrected chi connectivity index (χ3v) is 3.71. The number of benzene rings is 2. The summed E-state index contributed by atoms with van der Waals surface area (Å²) in [6, 6.07) is 15.2. The van der Waals surface area contributed by atoms with Gasteiger partial charge in [0.25, 0.3) is 0 Å². The molecular formula is C16H20N2O. The van der Waals surface area contributed by atoms with Crippen molar-refractivity contribution in [2.24, 2.45) is 5.73 Å². The van der Waals surface area contributed by atoms with Crippen LogP contribution in [-0.2, 0) is 11.3 Å². The molecule has 0 saturated carbocycles. The molecule has 1 heterocycles. The fourth-order valence-electron chi connectivity index (χ4n) is 2.66. The fraction of sp³-hybridized carbons (Fsp3) is 0.375. The third kappa shape index (κ3) is 2.95. The lowest BCUT2D eigenvalue weighted by Gasteiger charge is -2.32. The Labute approximate surface area is 114 Å². The molecule has 0 aliphatic carbocycles. The van der Waals surface area contributed by atoms with Gasteiger partial charge in [-0.2, -0.15) is 0 Å². The molecule has 1 unspecified atom stereocenters. The Hall–Kier alpha value is -1.42. The predicted octanol–water partition coefficient (Wildman–Crippen LogP) is 2.00. The first-order valence-corrected chi connectivity index (χ1v) is 6.87. The molecule has 2 aromatic rings. The maximum atomic E-state index is 5.68. The van der Waals surface area contributed by atoms with E-state index in [1.54, 1.807) is 0 Å². The quantitative estimate of drug-likeness (QED) is 0.913. The number of nitrogens with two attached hydrogens (primary N) is 1. The zero-order valence-electron chi connectivity index (χ0n) is 11.1. The van der Waals surface area contributed by atoms with Gasteiger partial charge in [-0.25, -0.2) is 0 Å². The predicted molar refractivity (Wildman–Crippen MR) is 78.0 cm³/mol. The molecule has 3 nitrogen and oxygen atoms in total. The number of ether oxygens (including phenoxy) is 1. The van der Waals surface area contributed by atoms with Crippen molar-refractivity contribution in [2.45, 2.75) is 12.6 Å². The molecule has 0 amide bonds. The first kappa shape index (κ1) is 12.6. The maximum absolute atomic E-state index is 5.68. The van der Waals surface area contributed by atoms with Gasteiger partial charge in [0.2, 0.25) is 0 Å². The Kier molecular flexibility index (Phi) is 3.78. The Bertz CT molecular complexity index is 555. The highest BCUT2D eigenvalue weighted by Crippen LogP contribution is 2.17. The lowest BCUT2D eigenvalue weighted by Crippen LogP contribution is -2.45. The average Bonchev–Trinajstić information content (AvgIpc) is 2.47. The molecule has 1 aliphatic rings. The van der Waals surface area contributed by atoms with E-state index in [2.05, 4.69) is 47.4 Å². The second-order valence-electron chi connectivity index (χ2n) is 5.15. The Balaban J connectivity index is 1.74. The molecule has 3 rings (SSSR count). The molecule has 19 heavy (non-hydrogen) atoms. The van der Waals surface area contributed by atoms with Crippen LogP contribution in [0.4, 0.5) is 0 Å². The van der Waals surface area contributed by atoms with E-state index in [1.165, 1.54) is 16.3 Å². The van der Waals surface area contributed by atoms with Crippen molar-refractivity contribution in [2.75, 3.05) is 26.2 Å². The summed E-state index contributed by atoms with van der Waals surface area (Å²) in [5, 5.41) is 2.61. The lowest BCUT2D eigenvalue weighted by atomic mass is 10.1. The van der Waals surface area contributed by atoms with Gasteiger partial charge in [0.05, 0.1) is 12.7 Å². The van der Waals surface area contributed by atoms with E-state index in [-0.39, 0.29) is 6.10 Å². The molecule has 0 spiro atoms. The SMILES string of the molecule is NCC1CN(Cc2ccc3ccccc3c2)CCO1. The molecule has 0 bridgehead atoms. The standard InChI is InChI=1S/C16H20N2O/c17-10-16-12-18(7-8-19-16)11-13-5-6-14-3-1-2-4-15(14)9-13/h1-6,9,16H,7-8,10-12,17H2. The molecule has 1 saturated heterocycles. The van der Waals surface area contributed by atoms with E-state index in [9.17, 15) is 0 Å². The molecule has 100 valence electrons. The lowest BCUT2D eigenvalue weighted by molar-refractivity contribution is -0.0260. The number of hydrogen-bond acceptors (Lipinski definition) is 3. The van der Waals surface area contributed by atoms with Crippen LogP contribution in [0, 0.1) is 0 Å². The van der Waals surface area contributed by atoms with Gasteiger partial charge in [-0.3, -0.25) is 4.90 Å². The van der Waals surface area contributed by atoms with Crippen LogP contribution in [0.3, 0.4) is 0 Å². The summed E-state index contributed by atoms with van der Waals surface area (Å²) >= 11 is 0. The van der Waals surface area contributed by atoms with Crippen LogP contribution >= 0.6 is 0 Å². The minimum atomic E-state index is 0.189. The summed E-state index contributed by atoms with van der Waals surface area (Å²) in [7, 11) is 0. The summed E-state index contributed by atoms with van der Waals surface area (Å²) in [4.78, 5) is 2.42. The molecule has 2 N–H and O–H groups in total. The van der Waals surface area contributed by atoms with Crippen molar-refractivity contribution in [3.8, 4) is 0 Å². The van der Waals surface area contributed by atoms with E-state index in [0.717, 1.165) is 26.2 Å². The summed E-state index contributed by atoms with van der Waals surface area (Å²) in [5.41, 5.74) is 7.04. The highest BCUT2D eigenvalue weighted by atomic mass is 16.5. The fourth-order valence-corrected chi connectivity index (χ4v) is 2.66. The monoisotopic (exact) mass is 256 g/mol. The normalized spacial score (nSPS) is 20.8. The van der Waals surface area contributed by atoms with Crippen LogP contribution < -0.4 is 5.73 Å². The van der Waals surface area contributed by atoms with Gasteiger partial charge in [-0.05, 0) is 22.4 Å². The van der Waals surface area contributed by atoms with Crippen LogP contribution in [0.15, 0.2) is 42.5 Å². The van der Waals surface area contributed by atoms with E-state index in [0.29, 0.717) is 6.54 Å². The van der Waals surface area contributed by atoms with Gasteiger partial charge in [0, 0.05) is 26.2 Å². The number of fused-ring (bicyclic) bond motifs is 1. The van der Waals surface area contributed by atoms with Gasteiger partial charge in [-0.15, -0.1) is 0 Å². The second kappa shape index (κ2) is 5.70. The van der Waals surface area contributed by atoms with Gasteiger partial charge >= 0.3 is 0 Å². The van der Waals surface area contributed by atoms with Crippen molar-refractivity contribution >= 4 is 10.8 Å². The molecule has 0 aromatic heterocycles. The van der Waals surface area contributed by atoms with Crippen LogP contribution in [0.2, 0.25) is 0 Å². The molecule has 0 radical (unpaired) electrons. The molecular weight excluding hydrogens is 236 g/mol. The highest BCUT2D eigenvalue weighted by Gasteiger charge is 2.18. The smallest absolute Gasteiger partial charge is 0.0824 e. The van der Waals surface area contributed by atoms with E-state index in [4.69, 9.17) is 10.5 Å².